The van der Waals surface area contributed by atoms with Gasteiger partial charge in [-0.25, -0.2) is 0 Å². The predicted octanol–water partition coefficient (Wildman–Crippen LogP) is 3.09. The fraction of sp³-hybridized carbons (Fsp3) is 0.0769. The van der Waals surface area contributed by atoms with Crippen LogP contribution in [0.4, 0.5) is 14.5 Å². The van der Waals surface area contributed by atoms with Gasteiger partial charge in [0.1, 0.15) is 0 Å². The number of nitrogens with one attached hydrogen (secondary N) is 1. The summed E-state index contributed by atoms with van der Waals surface area (Å²) in [5, 5.41) is 2.34. The lowest BCUT2D eigenvalue weighted by atomic mass is 10.4. The number of anilines is 1. The van der Waals surface area contributed by atoms with Gasteiger partial charge < -0.3 is 5.32 Å². The van der Waals surface area contributed by atoms with Gasteiger partial charge in [0, 0.05) is 4.90 Å². The Hall–Kier alpha value is -1.95. The third kappa shape index (κ3) is 4.03. The Bertz CT molecular complexity index is 578. The molecule has 1 heterocycles. The van der Waals surface area contributed by atoms with E-state index in [-0.39, 0.29) is 17.3 Å². The summed E-state index contributed by atoms with van der Waals surface area (Å²) >= 11 is 1.33. The minimum Gasteiger partial charge on any atom is -0.322 e. The topological polar surface area (TPSA) is 42.0 Å². The normalized spacial score (nSPS) is 10.2. The van der Waals surface area contributed by atoms with Crippen LogP contribution >= 0.6 is 11.8 Å². The molecule has 2 rings (SSSR count). The summed E-state index contributed by atoms with van der Waals surface area (Å²) in [7, 11) is 0. The standard InChI is InChI=1S/C13H10F2N2OS/c14-11-7-6-10(13(15)17-11)16-12(18)8-19-9-4-2-1-3-5-9/h1-7H,8H2,(H,16,18). The smallest absolute Gasteiger partial charge is 0.239 e. The van der Waals surface area contributed by atoms with E-state index in [1.807, 2.05) is 30.3 Å². The SMILES string of the molecule is O=C(CSc1ccccc1)Nc1ccc(F)nc1F. The highest BCUT2D eigenvalue weighted by atomic mass is 32.2. The number of hydrogen-bond acceptors (Lipinski definition) is 3. The molecule has 1 aromatic carbocycles. The van der Waals surface area contributed by atoms with Crippen molar-refractivity contribution >= 4 is 23.4 Å². The number of hydrogen-bond donors (Lipinski definition) is 1. The summed E-state index contributed by atoms with van der Waals surface area (Å²) in [6.07, 6.45) is 0. The zero-order valence-corrected chi connectivity index (χ0v) is 10.6. The number of nitrogens with zero attached hydrogens (tertiary/aromatic N) is 1. The van der Waals surface area contributed by atoms with Gasteiger partial charge in [-0.2, -0.15) is 13.8 Å². The van der Waals surface area contributed by atoms with Gasteiger partial charge in [0.2, 0.25) is 17.8 Å². The first kappa shape index (κ1) is 13.5. The monoisotopic (exact) mass is 280 g/mol. The second kappa shape index (κ2) is 6.29. The summed E-state index contributed by atoms with van der Waals surface area (Å²) < 4.78 is 25.8. The Morgan fingerprint density at radius 2 is 1.89 bits per heavy atom. The Morgan fingerprint density at radius 3 is 2.58 bits per heavy atom. The minimum absolute atomic E-state index is 0.125. The first-order valence-electron chi connectivity index (χ1n) is 5.45. The van der Waals surface area contributed by atoms with E-state index in [1.165, 1.54) is 11.8 Å². The van der Waals surface area contributed by atoms with Crippen molar-refractivity contribution in [3.05, 3.63) is 54.4 Å². The second-order valence-corrected chi connectivity index (χ2v) is 4.67. The molecule has 1 amide bonds. The van der Waals surface area contributed by atoms with Crippen LogP contribution < -0.4 is 5.32 Å². The Morgan fingerprint density at radius 1 is 1.16 bits per heavy atom. The van der Waals surface area contributed by atoms with Crippen LogP contribution in [0, 0.1) is 11.9 Å². The van der Waals surface area contributed by atoms with E-state index >= 15 is 0 Å². The molecular weight excluding hydrogens is 270 g/mol. The Labute approximate surface area is 113 Å². The number of rotatable bonds is 4. The fourth-order valence-electron chi connectivity index (χ4n) is 1.36. The lowest BCUT2D eigenvalue weighted by Gasteiger charge is -2.05. The molecule has 2 aromatic rings. The molecule has 0 radical (unpaired) electrons. The van der Waals surface area contributed by atoms with E-state index in [4.69, 9.17) is 0 Å². The number of thioether (sulfide) groups is 1. The predicted molar refractivity (Wildman–Crippen MR) is 69.9 cm³/mol. The molecule has 1 N–H and O–H groups in total. The molecule has 0 bridgehead atoms. The number of halogens is 2. The quantitative estimate of drug-likeness (QED) is 0.691. The van der Waals surface area contributed by atoms with Gasteiger partial charge >= 0.3 is 0 Å². The Balaban J connectivity index is 1.91. The Kier molecular flexibility index (Phi) is 4.46. The van der Waals surface area contributed by atoms with Crippen molar-refractivity contribution < 1.29 is 13.6 Å². The average Bonchev–Trinajstić information content (AvgIpc) is 2.41. The minimum atomic E-state index is -1.03. The molecule has 0 atom stereocenters. The van der Waals surface area contributed by atoms with E-state index in [0.717, 1.165) is 17.0 Å². The number of carbonyl (C=O) groups is 1. The van der Waals surface area contributed by atoms with Crippen LogP contribution in [0.1, 0.15) is 0 Å². The van der Waals surface area contributed by atoms with Crippen LogP contribution in [0.5, 0.6) is 0 Å². The van der Waals surface area contributed by atoms with Gasteiger partial charge in [-0.3, -0.25) is 4.79 Å². The molecule has 0 saturated carbocycles. The lowest BCUT2D eigenvalue weighted by molar-refractivity contribution is -0.113. The third-order valence-electron chi connectivity index (χ3n) is 2.20. The van der Waals surface area contributed by atoms with Crippen LogP contribution in [0.15, 0.2) is 47.4 Å². The van der Waals surface area contributed by atoms with Crippen LogP contribution in [-0.2, 0) is 4.79 Å². The van der Waals surface area contributed by atoms with E-state index in [9.17, 15) is 13.6 Å². The summed E-state index contributed by atoms with van der Waals surface area (Å²) in [6, 6.07) is 11.5. The van der Waals surface area contributed by atoms with Crippen molar-refractivity contribution in [2.45, 2.75) is 4.90 Å². The molecule has 0 aliphatic rings. The van der Waals surface area contributed by atoms with Crippen molar-refractivity contribution in [2.75, 3.05) is 11.1 Å². The molecule has 0 saturated heterocycles. The van der Waals surface area contributed by atoms with E-state index in [2.05, 4.69) is 10.3 Å². The summed E-state index contributed by atoms with van der Waals surface area (Å²) in [6.45, 7) is 0. The van der Waals surface area contributed by atoms with Gasteiger partial charge in [0.15, 0.2) is 0 Å². The van der Waals surface area contributed by atoms with Gasteiger partial charge in [-0.05, 0) is 24.3 Å². The maximum Gasteiger partial charge on any atom is 0.239 e. The van der Waals surface area contributed by atoms with Gasteiger partial charge in [0.25, 0.3) is 0 Å². The zero-order valence-electron chi connectivity index (χ0n) is 9.77. The maximum absolute atomic E-state index is 13.2. The largest absolute Gasteiger partial charge is 0.322 e. The van der Waals surface area contributed by atoms with Crippen molar-refractivity contribution in [3.63, 3.8) is 0 Å². The van der Waals surface area contributed by atoms with Crippen LogP contribution in [0.25, 0.3) is 0 Å². The van der Waals surface area contributed by atoms with Crippen LogP contribution in [0.2, 0.25) is 0 Å². The molecule has 1 aromatic heterocycles. The summed E-state index contributed by atoms with van der Waals surface area (Å²) in [5.74, 6) is -2.19. The molecule has 19 heavy (non-hydrogen) atoms. The molecular formula is C13H10F2N2OS. The highest BCUT2D eigenvalue weighted by Gasteiger charge is 2.09. The van der Waals surface area contributed by atoms with Crippen molar-refractivity contribution in [1.82, 2.24) is 4.98 Å². The number of pyridine rings is 1. The molecule has 0 spiro atoms. The first-order chi connectivity index (χ1) is 9.15. The summed E-state index contributed by atoms with van der Waals surface area (Å²) in [5.41, 5.74) is -0.125. The van der Waals surface area contributed by atoms with E-state index < -0.39 is 11.9 Å². The molecule has 3 nitrogen and oxygen atoms in total. The van der Waals surface area contributed by atoms with Crippen molar-refractivity contribution in [1.29, 1.82) is 0 Å². The van der Waals surface area contributed by atoms with E-state index in [0.29, 0.717) is 0 Å². The molecule has 98 valence electrons. The third-order valence-corrected chi connectivity index (χ3v) is 3.21. The molecule has 6 heteroatoms. The van der Waals surface area contributed by atoms with Gasteiger partial charge in [-0.1, -0.05) is 18.2 Å². The molecule has 0 aliphatic carbocycles. The second-order valence-electron chi connectivity index (χ2n) is 3.62. The maximum atomic E-state index is 13.2. The highest BCUT2D eigenvalue weighted by Crippen LogP contribution is 2.18. The number of carbonyl (C=O) groups excluding carboxylic acids is 1. The zero-order chi connectivity index (χ0) is 13.7. The number of amides is 1. The number of benzene rings is 1. The molecule has 0 aliphatic heterocycles. The van der Waals surface area contributed by atoms with Crippen molar-refractivity contribution in [2.24, 2.45) is 0 Å². The van der Waals surface area contributed by atoms with E-state index in [1.54, 1.807) is 0 Å². The highest BCUT2D eigenvalue weighted by molar-refractivity contribution is 8.00. The van der Waals surface area contributed by atoms with Gasteiger partial charge in [0.05, 0.1) is 11.4 Å². The lowest BCUT2D eigenvalue weighted by Crippen LogP contribution is -2.15. The summed E-state index contributed by atoms with van der Waals surface area (Å²) in [4.78, 5) is 15.5. The molecule has 0 fully saturated rings. The van der Waals surface area contributed by atoms with Crippen LogP contribution in [-0.4, -0.2) is 16.6 Å². The molecule has 0 unspecified atom stereocenters. The fourth-order valence-corrected chi connectivity index (χ4v) is 2.08. The van der Waals surface area contributed by atoms with Crippen LogP contribution in [0.3, 0.4) is 0 Å². The van der Waals surface area contributed by atoms with Gasteiger partial charge in [-0.15, -0.1) is 11.8 Å². The number of aromatic nitrogens is 1. The first-order valence-corrected chi connectivity index (χ1v) is 6.43. The van der Waals surface area contributed by atoms with Crippen molar-refractivity contribution in [3.8, 4) is 0 Å². The average molecular weight is 280 g/mol.